The lowest BCUT2D eigenvalue weighted by molar-refractivity contribution is 0.270. The number of nitrogens with two attached hydrogens (primary N) is 1. The highest BCUT2D eigenvalue weighted by molar-refractivity contribution is 5.01. The molecule has 1 aliphatic heterocycles. The Hall–Kier alpha value is -1.00. The second-order valence-electron chi connectivity index (χ2n) is 4.36. The molecule has 16 heavy (non-hydrogen) atoms. The number of hydrogen-bond donors (Lipinski definition) is 1. The van der Waals surface area contributed by atoms with Gasteiger partial charge < -0.3 is 5.73 Å². The highest BCUT2D eigenvalue weighted by Gasteiger charge is 2.10. The average molecular weight is 220 g/mol. The van der Waals surface area contributed by atoms with E-state index in [4.69, 9.17) is 5.73 Å². The minimum absolute atomic E-state index is 0.496. The molecule has 1 aromatic rings. The zero-order chi connectivity index (χ0) is 11.2. The third-order valence-electron chi connectivity index (χ3n) is 3.04. The van der Waals surface area contributed by atoms with Crippen molar-refractivity contribution < 1.29 is 0 Å². The van der Waals surface area contributed by atoms with Gasteiger partial charge in [0.2, 0.25) is 0 Å². The van der Waals surface area contributed by atoms with Crippen LogP contribution in [0, 0.1) is 0 Å². The van der Waals surface area contributed by atoms with Crippen LogP contribution in [-0.4, -0.2) is 28.0 Å². The molecule has 0 unspecified atom stereocenters. The molecule has 0 saturated carbocycles. The molecule has 0 aliphatic carbocycles. The third-order valence-corrected chi connectivity index (χ3v) is 3.04. The first kappa shape index (κ1) is 11.5. The fourth-order valence-electron chi connectivity index (χ4n) is 2.13. The van der Waals surface area contributed by atoms with Gasteiger partial charge in [0.1, 0.15) is 5.82 Å². The minimum atomic E-state index is 0.496. The van der Waals surface area contributed by atoms with E-state index in [0.717, 1.165) is 18.1 Å². The van der Waals surface area contributed by atoms with E-state index >= 15 is 0 Å². The van der Waals surface area contributed by atoms with Crippen molar-refractivity contribution in [2.45, 2.75) is 38.8 Å². The van der Waals surface area contributed by atoms with Gasteiger partial charge >= 0.3 is 0 Å². The molecule has 1 aromatic heterocycles. The van der Waals surface area contributed by atoms with Crippen LogP contribution >= 0.6 is 0 Å². The molecule has 0 aromatic carbocycles. The van der Waals surface area contributed by atoms with Gasteiger partial charge in [-0.2, -0.15) is 0 Å². The van der Waals surface area contributed by atoms with E-state index in [0.29, 0.717) is 6.54 Å². The normalized spacial score (nSPS) is 18.3. The van der Waals surface area contributed by atoms with Gasteiger partial charge in [0.25, 0.3) is 0 Å². The quantitative estimate of drug-likeness (QED) is 0.834. The van der Waals surface area contributed by atoms with Crippen molar-refractivity contribution in [3.63, 3.8) is 0 Å². The molecule has 0 spiro atoms. The summed E-state index contributed by atoms with van der Waals surface area (Å²) in [7, 11) is 0. The highest BCUT2D eigenvalue weighted by atomic mass is 15.1. The molecule has 2 N–H and O–H groups in total. The number of hydrogen-bond acceptors (Lipinski definition) is 4. The number of likely N-dealkylation sites (tertiary alicyclic amines) is 1. The van der Waals surface area contributed by atoms with Crippen LogP contribution in [0.3, 0.4) is 0 Å². The molecule has 0 amide bonds. The maximum atomic E-state index is 5.57. The second kappa shape index (κ2) is 5.92. The predicted octanol–water partition coefficient (Wildman–Crippen LogP) is 1.31. The number of rotatable bonds is 3. The lowest BCUT2D eigenvalue weighted by atomic mass is 10.2. The summed E-state index contributed by atoms with van der Waals surface area (Å²) in [5, 5.41) is 0. The van der Waals surface area contributed by atoms with Crippen molar-refractivity contribution in [2.24, 2.45) is 5.73 Å². The Balaban J connectivity index is 1.96. The van der Waals surface area contributed by atoms with Crippen LogP contribution in [0.15, 0.2) is 12.3 Å². The second-order valence-corrected chi connectivity index (χ2v) is 4.36. The van der Waals surface area contributed by atoms with Gasteiger partial charge in [-0.05, 0) is 32.0 Å². The first-order valence-corrected chi connectivity index (χ1v) is 6.12. The number of nitrogens with zero attached hydrogens (tertiary/aromatic N) is 3. The summed E-state index contributed by atoms with van der Waals surface area (Å²) >= 11 is 0. The van der Waals surface area contributed by atoms with E-state index in [-0.39, 0.29) is 0 Å². The van der Waals surface area contributed by atoms with E-state index in [1.54, 1.807) is 0 Å². The van der Waals surface area contributed by atoms with Gasteiger partial charge in [0, 0.05) is 12.7 Å². The van der Waals surface area contributed by atoms with Gasteiger partial charge in [-0.15, -0.1) is 0 Å². The van der Waals surface area contributed by atoms with Crippen molar-refractivity contribution in [2.75, 3.05) is 13.1 Å². The van der Waals surface area contributed by atoms with E-state index in [1.165, 1.54) is 38.8 Å². The van der Waals surface area contributed by atoms with Crippen LogP contribution in [0.2, 0.25) is 0 Å². The van der Waals surface area contributed by atoms with Crippen molar-refractivity contribution in [1.82, 2.24) is 14.9 Å². The summed E-state index contributed by atoms with van der Waals surface area (Å²) in [5.41, 5.74) is 6.50. The largest absolute Gasteiger partial charge is 0.325 e. The first-order chi connectivity index (χ1) is 7.88. The summed E-state index contributed by atoms with van der Waals surface area (Å²) in [6.07, 6.45) is 7.13. The SMILES string of the molecule is NCc1ccnc(CN2CCCCCC2)n1. The molecule has 0 atom stereocenters. The van der Waals surface area contributed by atoms with Crippen molar-refractivity contribution in [1.29, 1.82) is 0 Å². The zero-order valence-electron chi connectivity index (χ0n) is 9.73. The fraction of sp³-hybridized carbons (Fsp3) is 0.667. The van der Waals surface area contributed by atoms with E-state index in [9.17, 15) is 0 Å². The Kier molecular flexibility index (Phi) is 4.25. The summed E-state index contributed by atoms with van der Waals surface area (Å²) in [5.74, 6) is 0.907. The molecule has 2 heterocycles. The Labute approximate surface area is 96.9 Å². The van der Waals surface area contributed by atoms with Crippen LogP contribution in [0.4, 0.5) is 0 Å². The lowest BCUT2D eigenvalue weighted by Gasteiger charge is -2.18. The van der Waals surface area contributed by atoms with E-state index < -0.39 is 0 Å². The van der Waals surface area contributed by atoms with Gasteiger partial charge in [0.05, 0.1) is 12.2 Å². The number of aromatic nitrogens is 2. The molecule has 88 valence electrons. The minimum Gasteiger partial charge on any atom is -0.325 e. The third kappa shape index (κ3) is 3.25. The first-order valence-electron chi connectivity index (χ1n) is 6.12. The van der Waals surface area contributed by atoms with Crippen LogP contribution in [0.25, 0.3) is 0 Å². The maximum absolute atomic E-state index is 5.57. The molecular formula is C12H20N4. The molecule has 1 saturated heterocycles. The average Bonchev–Trinajstić information content (AvgIpc) is 2.58. The molecule has 4 heteroatoms. The Bertz CT molecular complexity index is 319. The Morgan fingerprint density at radius 3 is 2.62 bits per heavy atom. The molecule has 4 nitrogen and oxygen atoms in total. The topological polar surface area (TPSA) is 55.0 Å². The maximum Gasteiger partial charge on any atom is 0.142 e. The van der Waals surface area contributed by atoms with Crippen LogP contribution in [0.1, 0.15) is 37.2 Å². The smallest absolute Gasteiger partial charge is 0.142 e. The van der Waals surface area contributed by atoms with Crippen LogP contribution in [-0.2, 0) is 13.1 Å². The highest BCUT2D eigenvalue weighted by Crippen LogP contribution is 2.11. The van der Waals surface area contributed by atoms with Crippen molar-refractivity contribution >= 4 is 0 Å². The predicted molar refractivity (Wildman–Crippen MR) is 63.7 cm³/mol. The van der Waals surface area contributed by atoms with E-state index in [1.807, 2.05) is 12.3 Å². The molecule has 0 radical (unpaired) electrons. The lowest BCUT2D eigenvalue weighted by Crippen LogP contribution is -2.25. The summed E-state index contributed by atoms with van der Waals surface area (Å²) in [4.78, 5) is 11.2. The van der Waals surface area contributed by atoms with Gasteiger partial charge in [-0.3, -0.25) is 4.90 Å². The molecule has 1 fully saturated rings. The van der Waals surface area contributed by atoms with Crippen LogP contribution < -0.4 is 5.73 Å². The van der Waals surface area contributed by atoms with E-state index in [2.05, 4.69) is 14.9 Å². The summed E-state index contributed by atoms with van der Waals surface area (Å²) in [6, 6.07) is 1.88. The van der Waals surface area contributed by atoms with Gasteiger partial charge in [0.15, 0.2) is 0 Å². The Morgan fingerprint density at radius 2 is 1.94 bits per heavy atom. The fourth-order valence-corrected chi connectivity index (χ4v) is 2.13. The molecule has 1 aliphatic rings. The van der Waals surface area contributed by atoms with Crippen molar-refractivity contribution in [3.05, 3.63) is 23.8 Å². The zero-order valence-corrected chi connectivity index (χ0v) is 9.73. The summed E-state index contributed by atoms with van der Waals surface area (Å²) in [6.45, 7) is 3.72. The van der Waals surface area contributed by atoms with Crippen LogP contribution in [0.5, 0.6) is 0 Å². The Morgan fingerprint density at radius 1 is 1.19 bits per heavy atom. The molecule has 2 rings (SSSR count). The monoisotopic (exact) mass is 220 g/mol. The van der Waals surface area contributed by atoms with Gasteiger partial charge in [-0.25, -0.2) is 9.97 Å². The van der Waals surface area contributed by atoms with Crippen molar-refractivity contribution in [3.8, 4) is 0 Å². The molecular weight excluding hydrogens is 200 g/mol. The standard InChI is InChI=1S/C12H20N4/c13-9-11-5-6-14-12(15-11)10-16-7-3-1-2-4-8-16/h5-6H,1-4,7-10,13H2. The summed E-state index contributed by atoms with van der Waals surface area (Å²) < 4.78 is 0. The van der Waals surface area contributed by atoms with Gasteiger partial charge in [-0.1, -0.05) is 12.8 Å². The molecule has 0 bridgehead atoms.